The number of ether oxygens (including phenoxy) is 1. The van der Waals surface area contributed by atoms with Crippen molar-refractivity contribution in [2.75, 3.05) is 0 Å². The number of carbonyl (C=O) groups is 1. The van der Waals surface area contributed by atoms with Crippen LogP contribution < -0.4 is 0 Å². The van der Waals surface area contributed by atoms with Crippen molar-refractivity contribution in [2.45, 2.75) is 70.8 Å². The van der Waals surface area contributed by atoms with E-state index in [0.29, 0.717) is 0 Å². The maximum Gasteiger partial charge on any atom is 0.394 e. The summed E-state index contributed by atoms with van der Waals surface area (Å²) in [5, 5.41) is -1.19. The molecule has 0 amide bonds. The molecule has 0 aromatic heterocycles. The standard InChI is InChI=1S/C15H27FO3Si/c1-9-11-12(10(2)18-13(11)17)19-20(16,14(3,4)5)15(6,7)8/h9-12H,1H2,2-8H3/t10-,11-,12-/m0/s1. The molecule has 0 spiro atoms. The summed E-state index contributed by atoms with van der Waals surface area (Å²) in [6, 6.07) is 0. The third-order valence-corrected chi connectivity index (χ3v) is 8.33. The van der Waals surface area contributed by atoms with Crippen molar-refractivity contribution in [3.05, 3.63) is 12.7 Å². The van der Waals surface area contributed by atoms with Gasteiger partial charge in [-0.15, -0.1) is 6.58 Å². The van der Waals surface area contributed by atoms with Crippen LogP contribution in [-0.2, 0) is 14.0 Å². The van der Waals surface area contributed by atoms with Gasteiger partial charge in [0.05, 0.1) is 0 Å². The maximum atomic E-state index is 15.8. The molecule has 0 aromatic carbocycles. The predicted octanol–water partition coefficient (Wildman–Crippen LogP) is 4.13. The molecule has 1 rings (SSSR count). The molecule has 1 aliphatic rings. The maximum absolute atomic E-state index is 15.8. The van der Waals surface area contributed by atoms with E-state index < -0.39 is 36.9 Å². The van der Waals surface area contributed by atoms with E-state index in [9.17, 15) is 4.79 Å². The molecule has 1 fully saturated rings. The van der Waals surface area contributed by atoms with Crippen molar-refractivity contribution in [2.24, 2.45) is 5.92 Å². The van der Waals surface area contributed by atoms with Gasteiger partial charge in [-0.3, -0.25) is 8.90 Å². The number of cyclic esters (lactones) is 1. The molecule has 5 heteroatoms. The van der Waals surface area contributed by atoms with E-state index in [2.05, 4.69) is 6.58 Å². The van der Waals surface area contributed by atoms with Crippen LogP contribution in [-0.4, -0.2) is 26.8 Å². The van der Waals surface area contributed by atoms with Crippen molar-refractivity contribution in [1.29, 1.82) is 0 Å². The first-order chi connectivity index (χ1) is 8.85. The Labute approximate surface area is 122 Å². The summed E-state index contributed by atoms with van der Waals surface area (Å²) in [4.78, 5) is 11.7. The Morgan fingerprint density at radius 1 is 1.25 bits per heavy atom. The molecule has 3 atom stereocenters. The Hall–Kier alpha value is -0.683. The van der Waals surface area contributed by atoms with Crippen LogP contribution >= 0.6 is 0 Å². The van der Waals surface area contributed by atoms with Crippen LogP contribution in [0.1, 0.15) is 48.5 Å². The van der Waals surface area contributed by atoms with Gasteiger partial charge in [-0.05, 0) is 6.92 Å². The van der Waals surface area contributed by atoms with Gasteiger partial charge in [0.2, 0.25) is 0 Å². The van der Waals surface area contributed by atoms with Crippen molar-refractivity contribution < 1.29 is 18.1 Å². The highest BCUT2D eigenvalue weighted by Crippen LogP contribution is 2.53. The Kier molecular flexibility index (Phi) is 4.57. The summed E-state index contributed by atoms with van der Waals surface area (Å²) >= 11 is 0. The first-order valence-corrected chi connectivity index (χ1v) is 8.83. The number of esters is 1. The molecule has 1 saturated heterocycles. The van der Waals surface area contributed by atoms with Crippen molar-refractivity contribution in [1.82, 2.24) is 0 Å². The molecule has 0 N–H and O–H groups in total. The van der Waals surface area contributed by atoms with Crippen LogP contribution in [0.25, 0.3) is 0 Å². The topological polar surface area (TPSA) is 35.5 Å². The molecule has 3 nitrogen and oxygen atoms in total. The molecule has 0 saturated carbocycles. The van der Waals surface area contributed by atoms with E-state index in [0.717, 1.165) is 0 Å². The number of carbonyl (C=O) groups excluding carboxylic acids is 1. The molecular weight excluding hydrogens is 275 g/mol. The largest absolute Gasteiger partial charge is 0.459 e. The smallest absolute Gasteiger partial charge is 0.394 e. The van der Waals surface area contributed by atoms with Gasteiger partial charge in [-0.2, -0.15) is 0 Å². The predicted molar refractivity (Wildman–Crippen MR) is 80.4 cm³/mol. The lowest BCUT2D eigenvalue weighted by molar-refractivity contribution is -0.142. The average molecular weight is 302 g/mol. The molecule has 1 heterocycles. The quantitative estimate of drug-likeness (QED) is 0.340. The summed E-state index contributed by atoms with van der Waals surface area (Å²) in [7, 11) is -3.63. The normalized spacial score (nSPS) is 28.4. The SMILES string of the molecule is C=C[C@@H]1C(=O)O[C@@H](C)[C@@H]1O[Si](F)(C(C)(C)C)C(C)(C)C. The van der Waals surface area contributed by atoms with Gasteiger partial charge in [-0.25, -0.2) is 0 Å². The summed E-state index contributed by atoms with van der Waals surface area (Å²) in [6.45, 7) is 16.5. The minimum atomic E-state index is -3.63. The zero-order valence-corrected chi connectivity index (χ0v) is 14.6. The first kappa shape index (κ1) is 17.4. The van der Waals surface area contributed by atoms with Gasteiger partial charge in [0.1, 0.15) is 18.1 Å². The second kappa shape index (κ2) is 5.26. The molecule has 0 radical (unpaired) electrons. The second-order valence-corrected chi connectivity index (χ2v) is 12.0. The van der Waals surface area contributed by atoms with Crippen molar-refractivity contribution in [3.8, 4) is 0 Å². The van der Waals surface area contributed by atoms with Crippen LogP contribution in [0.3, 0.4) is 0 Å². The van der Waals surface area contributed by atoms with E-state index >= 15 is 4.11 Å². The van der Waals surface area contributed by atoms with Gasteiger partial charge in [0.15, 0.2) is 0 Å². The third-order valence-electron chi connectivity index (χ3n) is 3.87. The van der Waals surface area contributed by atoms with Gasteiger partial charge >= 0.3 is 14.6 Å². The monoisotopic (exact) mass is 302 g/mol. The number of halogens is 1. The third kappa shape index (κ3) is 2.84. The van der Waals surface area contributed by atoms with E-state index in [1.54, 1.807) is 6.92 Å². The lowest BCUT2D eigenvalue weighted by Crippen LogP contribution is -2.54. The summed E-state index contributed by atoms with van der Waals surface area (Å²) in [6.07, 6.45) is 0.462. The highest BCUT2D eigenvalue weighted by molar-refractivity contribution is 6.72. The number of hydrogen-bond donors (Lipinski definition) is 0. The summed E-state index contributed by atoms with van der Waals surface area (Å²) < 4.78 is 26.9. The Balaban J connectivity index is 3.15. The van der Waals surface area contributed by atoms with Crippen LogP contribution in [0, 0.1) is 5.92 Å². The molecular formula is C15H27FO3Si. The van der Waals surface area contributed by atoms with Crippen LogP contribution in [0.2, 0.25) is 10.1 Å². The lowest BCUT2D eigenvalue weighted by Gasteiger charge is -2.45. The number of rotatable bonds is 3. The first-order valence-electron chi connectivity index (χ1n) is 7.05. The zero-order valence-electron chi connectivity index (χ0n) is 13.6. The van der Waals surface area contributed by atoms with Gasteiger partial charge in [0.25, 0.3) is 0 Å². The second-order valence-electron chi connectivity index (χ2n) is 7.58. The summed E-state index contributed by atoms with van der Waals surface area (Å²) in [5.74, 6) is -0.964. The Bertz CT molecular complexity index is 381. The average Bonchev–Trinajstić information content (AvgIpc) is 2.50. The van der Waals surface area contributed by atoms with Gasteiger partial charge in [-0.1, -0.05) is 47.6 Å². The van der Waals surface area contributed by atoms with E-state index in [4.69, 9.17) is 9.16 Å². The van der Waals surface area contributed by atoms with Gasteiger partial charge in [0, 0.05) is 10.1 Å². The Morgan fingerprint density at radius 2 is 1.70 bits per heavy atom. The molecule has 0 bridgehead atoms. The fraction of sp³-hybridized carbons (Fsp3) is 0.800. The molecule has 0 unspecified atom stereocenters. The van der Waals surface area contributed by atoms with Crippen molar-refractivity contribution >= 4 is 14.6 Å². The van der Waals surface area contributed by atoms with Crippen LogP contribution in [0.4, 0.5) is 4.11 Å². The fourth-order valence-corrected chi connectivity index (χ4v) is 6.49. The van der Waals surface area contributed by atoms with E-state index in [1.165, 1.54) is 6.08 Å². The van der Waals surface area contributed by atoms with Crippen LogP contribution in [0.15, 0.2) is 12.7 Å². The van der Waals surface area contributed by atoms with Gasteiger partial charge < -0.3 is 9.16 Å². The minimum Gasteiger partial charge on any atom is -0.459 e. The Morgan fingerprint density at radius 3 is 2.05 bits per heavy atom. The van der Waals surface area contributed by atoms with E-state index in [-0.39, 0.29) is 5.97 Å². The zero-order chi connectivity index (χ0) is 15.9. The fourth-order valence-electron chi connectivity index (χ4n) is 2.82. The molecule has 0 aliphatic carbocycles. The highest BCUT2D eigenvalue weighted by Gasteiger charge is 2.61. The minimum absolute atomic E-state index is 0.378. The van der Waals surface area contributed by atoms with E-state index in [1.807, 2.05) is 41.5 Å². The lowest BCUT2D eigenvalue weighted by atomic mass is 10.0. The molecule has 116 valence electrons. The number of hydrogen-bond acceptors (Lipinski definition) is 3. The van der Waals surface area contributed by atoms with Crippen LogP contribution in [0.5, 0.6) is 0 Å². The highest BCUT2D eigenvalue weighted by atomic mass is 28.4. The molecule has 0 aromatic rings. The molecule has 20 heavy (non-hydrogen) atoms. The summed E-state index contributed by atoms with van der Waals surface area (Å²) in [5.41, 5.74) is 0. The molecule has 1 aliphatic heterocycles. The van der Waals surface area contributed by atoms with Crippen molar-refractivity contribution in [3.63, 3.8) is 0 Å².